The van der Waals surface area contributed by atoms with Crippen molar-refractivity contribution in [3.8, 4) is 0 Å². The molecule has 0 spiro atoms. The van der Waals surface area contributed by atoms with Gasteiger partial charge in [0.25, 0.3) is 0 Å². The minimum Gasteiger partial charge on any atom is -0.390 e. The maximum atomic E-state index is 11.7. The van der Waals surface area contributed by atoms with Crippen molar-refractivity contribution in [3.05, 3.63) is 35.9 Å². The van der Waals surface area contributed by atoms with Crippen LogP contribution >= 0.6 is 8.03 Å². The SMILES string of the molecule is CCO[P+](=O)C(C)C[C@@H](O)[C@@H](O)[C@@H](O)CN(C=O)OCc1ccccc1. The second-order valence-electron chi connectivity index (χ2n) is 5.88. The molecule has 1 aromatic carbocycles. The fraction of sp³-hybridized carbons (Fsp3) is 0.588. The third-order valence-corrected chi connectivity index (χ3v) is 5.15. The quantitative estimate of drug-likeness (QED) is 0.264. The van der Waals surface area contributed by atoms with Crippen molar-refractivity contribution in [3.63, 3.8) is 0 Å². The Bertz CT molecular complexity index is 545. The van der Waals surface area contributed by atoms with E-state index in [4.69, 9.17) is 9.36 Å². The Morgan fingerprint density at radius 1 is 1.19 bits per heavy atom. The molecule has 0 bridgehead atoms. The summed E-state index contributed by atoms with van der Waals surface area (Å²) in [7, 11) is -1.96. The molecule has 1 amide bonds. The predicted octanol–water partition coefficient (Wildman–Crippen LogP) is 1.22. The highest BCUT2D eigenvalue weighted by molar-refractivity contribution is 7.40. The summed E-state index contributed by atoms with van der Waals surface area (Å²) < 4.78 is 16.7. The van der Waals surface area contributed by atoms with Gasteiger partial charge >= 0.3 is 8.03 Å². The van der Waals surface area contributed by atoms with Gasteiger partial charge in [0.1, 0.15) is 18.8 Å². The van der Waals surface area contributed by atoms with Crippen molar-refractivity contribution in [1.82, 2.24) is 5.06 Å². The van der Waals surface area contributed by atoms with E-state index in [2.05, 4.69) is 0 Å². The van der Waals surface area contributed by atoms with Crippen LogP contribution in [0.3, 0.4) is 0 Å². The number of hydrogen-bond acceptors (Lipinski definition) is 7. The summed E-state index contributed by atoms with van der Waals surface area (Å²) in [4.78, 5) is 16.4. The molecule has 0 radical (unpaired) electrons. The summed E-state index contributed by atoms with van der Waals surface area (Å²) in [5.41, 5.74) is 0.348. The van der Waals surface area contributed by atoms with Crippen molar-refractivity contribution >= 4 is 14.4 Å². The van der Waals surface area contributed by atoms with Crippen LogP contribution in [0.4, 0.5) is 0 Å². The molecular weight excluding hydrogens is 361 g/mol. The molecule has 0 saturated carbocycles. The molecule has 26 heavy (non-hydrogen) atoms. The first kappa shape index (κ1) is 22.6. The van der Waals surface area contributed by atoms with Gasteiger partial charge in [0.05, 0.1) is 19.3 Å². The Morgan fingerprint density at radius 2 is 1.85 bits per heavy atom. The first-order valence-corrected chi connectivity index (χ1v) is 9.65. The van der Waals surface area contributed by atoms with Crippen molar-refractivity contribution in [2.75, 3.05) is 13.2 Å². The molecule has 0 heterocycles. The van der Waals surface area contributed by atoms with Crippen LogP contribution in [-0.2, 0) is 25.3 Å². The summed E-state index contributed by atoms with van der Waals surface area (Å²) >= 11 is 0. The minimum atomic E-state index is -1.96. The van der Waals surface area contributed by atoms with Gasteiger partial charge in [0.2, 0.25) is 6.41 Å². The lowest BCUT2D eigenvalue weighted by Crippen LogP contribution is -2.45. The molecule has 0 saturated heterocycles. The van der Waals surface area contributed by atoms with Crippen LogP contribution in [0, 0.1) is 0 Å². The Morgan fingerprint density at radius 3 is 2.42 bits per heavy atom. The molecule has 1 rings (SSSR count). The van der Waals surface area contributed by atoms with Gasteiger partial charge in [-0.2, -0.15) is 0 Å². The molecule has 3 N–H and O–H groups in total. The summed E-state index contributed by atoms with van der Waals surface area (Å²) in [5.74, 6) is 0. The van der Waals surface area contributed by atoms with Crippen molar-refractivity contribution in [1.29, 1.82) is 0 Å². The molecule has 0 aliphatic heterocycles. The number of benzene rings is 1. The van der Waals surface area contributed by atoms with E-state index in [1.807, 2.05) is 30.3 Å². The number of hydrogen-bond donors (Lipinski definition) is 3. The van der Waals surface area contributed by atoms with Crippen LogP contribution < -0.4 is 0 Å². The number of rotatable bonds is 13. The molecule has 0 fully saturated rings. The van der Waals surface area contributed by atoms with E-state index in [-0.39, 0.29) is 26.2 Å². The molecule has 0 aliphatic carbocycles. The Hall–Kier alpha value is -1.41. The normalized spacial score (nSPS) is 16.4. The minimum absolute atomic E-state index is 0.0145. The molecule has 9 heteroatoms. The third kappa shape index (κ3) is 7.86. The van der Waals surface area contributed by atoms with Crippen LogP contribution in [0.5, 0.6) is 0 Å². The van der Waals surface area contributed by atoms with E-state index < -0.39 is 32.0 Å². The summed E-state index contributed by atoms with van der Waals surface area (Å²) in [5, 5.41) is 31.0. The zero-order chi connectivity index (χ0) is 19.5. The Labute approximate surface area is 154 Å². The number of amides is 1. The van der Waals surface area contributed by atoms with Gasteiger partial charge in [0.15, 0.2) is 5.66 Å². The second-order valence-corrected chi connectivity index (χ2v) is 7.59. The van der Waals surface area contributed by atoms with Crippen LogP contribution in [0.1, 0.15) is 25.8 Å². The van der Waals surface area contributed by atoms with Crippen LogP contribution in [-0.4, -0.2) is 63.9 Å². The Kier molecular flexibility index (Phi) is 10.5. The highest BCUT2D eigenvalue weighted by Crippen LogP contribution is 2.32. The van der Waals surface area contributed by atoms with Gasteiger partial charge in [-0.15, -0.1) is 4.52 Å². The maximum Gasteiger partial charge on any atom is 0.511 e. The number of carbonyl (C=O) groups is 1. The smallest absolute Gasteiger partial charge is 0.390 e. The average molecular weight is 388 g/mol. The predicted molar refractivity (Wildman–Crippen MR) is 95.3 cm³/mol. The van der Waals surface area contributed by atoms with Crippen LogP contribution in [0.2, 0.25) is 0 Å². The number of aliphatic hydroxyl groups is 3. The molecule has 146 valence electrons. The largest absolute Gasteiger partial charge is 0.511 e. The summed E-state index contributed by atoms with van der Waals surface area (Å²) in [6.07, 6.45) is -3.89. The van der Waals surface area contributed by atoms with Gasteiger partial charge in [-0.05, 0) is 24.0 Å². The molecule has 2 unspecified atom stereocenters. The number of hydroxylamine groups is 2. The fourth-order valence-corrected chi connectivity index (χ4v) is 3.13. The van der Waals surface area contributed by atoms with Gasteiger partial charge in [-0.3, -0.25) is 9.63 Å². The van der Waals surface area contributed by atoms with Gasteiger partial charge < -0.3 is 15.3 Å². The molecule has 1 aromatic rings. The maximum absolute atomic E-state index is 11.7. The van der Waals surface area contributed by atoms with E-state index in [1.165, 1.54) is 0 Å². The Balaban J connectivity index is 2.48. The van der Waals surface area contributed by atoms with E-state index in [0.29, 0.717) is 6.41 Å². The second kappa shape index (κ2) is 12.1. The number of aliphatic hydroxyl groups excluding tert-OH is 3. The standard InChI is InChI=1S/C17H27NO7P/c1-3-25-26(23)13(2)9-15(20)17(22)16(21)10-18(12-19)24-11-14-7-5-4-6-8-14/h4-8,12-13,15-17,20-22H,3,9-11H2,1-2H3/q+1/t13?,15-,16+,17-/m1/s1. The molecule has 0 aromatic heterocycles. The summed E-state index contributed by atoms with van der Waals surface area (Å²) in [6, 6.07) is 9.14. The topological polar surface area (TPSA) is 117 Å². The van der Waals surface area contributed by atoms with Crippen molar-refractivity contribution < 1.29 is 34.0 Å². The monoisotopic (exact) mass is 388 g/mol. The number of carbonyl (C=O) groups excluding carboxylic acids is 1. The lowest BCUT2D eigenvalue weighted by Gasteiger charge is -2.26. The first-order chi connectivity index (χ1) is 12.4. The zero-order valence-electron chi connectivity index (χ0n) is 15.0. The molecular formula is C17H27NO7P+. The number of nitrogens with zero attached hydrogens (tertiary/aromatic N) is 1. The van der Waals surface area contributed by atoms with Gasteiger partial charge in [-0.1, -0.05) is 30.3 Å². The van der Waals surface area contributed by atoms with E-state index in [0.717, 1.165) is 10.6 Å². The highest BCUT2D eigenvalue weighted by atomic mass is 31.1. The fourth-order valence-electron chi connectivity index (χ4n) is 2.24. The zero-order valence-corrected chi connectivity index (χ0v) is 15.9. The lowest BCUT2D eigenvalue weighted by atomic mass is 10.0. The average Bonchev–Trinajstić information content (AvgIpc) is 2.65. The van der Waals surface area contributed by atoms with E-state index in [9.17, 15) is 24.7 Å². The summed E-state index contributed by atoms with van der Waals surface area (Å²) in [6.45, 7) is 3.42. The van der Waals surface area contributed by atoms with Crippen LogP contribution in [0.25, 0.3) is 0 Å². The van der Waals surface area contributed by atoms with Gasteiger partial charge in [0, 0.05) is 6.42 Å². The van der Waals surface area contributed by atoms with E-state index in [1.54, 1.807) is 13.8 Å². The van der Waals surface area contributed by atoms with Crippen molar-refractivity contribution in [2.24, 2.45) is 0 Å². The van der Waals surface area contributed by atoms with Crippen molar-refractivity contribution in [2.45, 2.75) is 50.8 Å². The molecule has 8 nitrogen and oxygen atoms in total. The highest BCUT2D eigenvalue weighted by Gasteiger charge is 2.35. The van der Waals surface area contributed by atoms with E-state index >= 15 is 0 Å². The molecule has 0 aliphatic rings. The van der Waals surface area contributed by atoms with Gasteiger partial charge in [-0.25, -0.2) is 5.06 Å². The third-order valence-electron chi connectivity index (χ3n) is 3.71. The molecule has 5 atom stereocenters. The van der Waals surface area contributed by atoms with Crippen LogP contribution in [0.15, 0.2) is 30.3 Å². The first-order valence-electron chi connectivity index (χ1n) is 8.41. The lowest BCUT2D eigenvalue weighted by molar-refractivity contribution is -0.192.